The molecule has 48 heavy (non-hydrogen) atoms. The first kappa shape index (κ1) is 38.1. The summed E-state index contributed by atoms with van der Waals surface area (Å²) in [6.45, 7) is 18.9. The van der Waals surface area contributed by atoms with Crippen LogP contribution in [0.2, 0.25) is 0 Å². The van der Waals surface area contributed by atoms with E-state index in [2.05, 4.69) is 35.1 Å². The summed E-state index contributed by atoms with van der Waals surface area (Å²) in [4.78, 5) is 69.7. The Morgan fingerprint density at radius 3 is 2.02 bits per heavy atom. The summed E-state index contributed by atoms with van der Waals surface area (Å²) < 4.78 is 25.6. The lowest BCUT2D eigenvalue weighted by Crippen LogP contribution is -2.64. The molecular weight excluding hydrogens is 634 g/mol. The molecule has 1 aliphatic heterocycles. The highest BCUT2D eigenvalue weighted by Crippen LogP contribution is 2.65. The van der Waals surface area contributed by atoms with E-state index >= 15 is 0 Å². The molecule has 0 aromatic heterocycles. The number of nitrogens with zero attached hydrogens (tertiary/aromatic N) is 1. The van der Waals surface area contributed by atoms with Crippen LogP contribution in [-0.2, 0) is 29.0 Å². The molecule has 1 saturated heterocycles. The standard InChI is InChI=1S/C35H59N5O7S/c1-11-21-18-35(21,26(41)28(43)36-12-2)38-27(42)24-23-22(33(23,9)10)19-40(24)29(44)25(31(3,4)5)37-30(45)39-34(16-14-13-15-17-34)20-48(46,47)32(6,7)8/h21-25H,11-20H2,1-10H3,(H,36,43)(H,38,42)(H2,37,39,45)/t21-,22+,23+,24+,25-,35+/m1/s1. The summed E-state index contributed by atoms with van der Waals surface area (Å²) in [5.41, 5.74) is -3.20. The third-order valence-corrected chi connectivity index (χ3v) is 14.4. The molecule has 0 aromatic rings. The van der Waals surface area contributed by atoms with Crippen molar-refractivity contribution in [3.05, 3.63) is 0 Å². The largest absolute Gasteiger partial charge is 0.350 e. The summed E-state index contributed by atoms with van der Waals surface area (Å²) in [6.07, 6.45) is 4.54. The average Bonchev–Trinajstić information content (AvgIpc) is 3.72. The molecule has 4 N–H and O–H groups in total. The molecule has 0 radical (unpaired) electrons. The molecule has 0 spiro atoms. The first-order chi connectivity index (χ1) is 22.0. The quantitative estimate of drug-likeness (QED) is 0.241. The Morgan fingerprint density at radius 2 is 1.52 bits per heavy atom. The molecule has 5 amide bonds. The molecule has 3 saturated carbocycles. The molecule has 13 heteroatoms. The number of rotatable bonds is 11. The normalized spacial score (nSPS) is 29.6. The monoisotopic (exact) mass is 693 g/mol. The van der Waals surface area contributed by atoms with Crippen LogP contribution in [0.1, 0.15) is 114 Å². The van der Waals surface area contributed by atoms with Gasteiger partial charge in [-0.1, -0.05) is 67.2 Å². The van der Waals surface area contributed by atoms with E-state index in [0.717, 1.165) is 19.3 Å². The zero-order valence-electron chi connectivity index (χ0n) is 30.7. The first-order valence-corrected chi connectivity index (χ1v) is 19.4. The third kappa shape index (κ3) is 7.12. The highest BCUT2D eigenvalue weighted by atomic mass is 32.2. The van der Waals surface area contributed by atoms with E-state index in [1.807, 2.05) is 27.7 Å². The van der Waals surface area contributed by atoms with Crippen molar-refractivity contribution in [2.75, 3.05) is 18.8 Å². The zero-order valence-corrected chi connectivity index (χ0v) is 31.5. The van der Waals surface area contributed by atoms with Crippen LogP contribution in [0.25, 0.3) is 0 Å². The van der Waals surface area contributed by atoms with Crippen LogP contribution in [0.15, 0.2) is 0 Å². The smallest absolute Gasteiger partial charge is 0.315 e. The van der Waals surface area contributed by atoms with E-state index < -0.39 is 72.7 Å². The summed E-state index contributed by atoms with van der Waals surface area (Å²) >= 11 is 0. The minimum absolute atomic E-state index is 0.0657. The number of likely N-dealkylation sites (tertiary alicyclic amines) is 1. The molecule has 4 fully saturated rings. The Labute approximate surface area is 287 Å². The van der Waals surface area contributed by atoms with Crippen molar-refractivity contribution in [3.8, 4) is 0 Å². The second kappa shape index (κ2) is 12.9. The van der Waals surface area contributed by atoms with Gasteiger partial charge in [0.25, 0.3) is 5.91 Å². The first-order valence-electron chi connectivity index (χ1n) is 17.7. The second-order valence-corrected chi connectivity index (χ2v) is 20.2. The van der Waals surface area contributed by atoms with Gasteiger partial charge in [-0.15, -0.1) is 0 Å². The van der Waals surface area contributed by atoms with E-state index in [0.29, 0.717) is 32.2 Å². The van der Waals surface area contributed by atoms with Gasteiger partial charge in [-0.25, -0.2) is 13.2 Å². The highest BCUT2D eigenvalue weighted by Gasteiger charge is 2.71. The number of nitrogens with one attached hydrogen (secondary N) is 4. The fourth-order valence-corrected chi connectivity index (χ4v) is 9.72. The van der Waals surface area contributed by atoms with Crippen LogP contribution in [0.5, 0.6) is 0 Å². The molecule has 6 atom stereocenters. The molecule has 0 unspecified atom stereocenters. The van der Waals surface area contributed by atoms with Crippen molar-refractivity contribution in [1.82, 2.24) is 26.2 Å². The summed E-state index contributed by atoms with van der Waals surface area (Å²) in [6, 6.07) is -2.51. The number of piperidine rings is 1. The van der Waals surface area contributed by atoms with Crippen molar-refractivity contribution >= 4 is 39.4 Å². The van der Waals surface area contributed by atoms with Crippen molar-refractivity contribution in [3.63, 3.8) is 0 Å². The number of likely N-dealkylation sites (N-methyl/N-ethyl adjacent to an activating group) is 1. The number of Topliss-reactive ketones (excluding diaryl/α,β-unsaturated/α-hetero) is 1. The predicted octanol–water partition coefficient (Wildman–Crippen LogP) is 3.09. The lowest BCUT2D eigenvalue weighted by molar-refractivity contribution is -0.145. The second-order valence-electron chi connectivity index (χ2n) is 17.5. The van der Waals surface area contributed by atoms with E-state index in [4.69, 9.17) is 0 Å². The van der Waals surface area contributed by atoms with Gasteiger partial charge in [0, 0.05) is 13.1 Å². The Hall–Kier alpha value is -2.70. The fourth-order valence-electron chi connectivity index (χ4n) is 8.20. The Bertz CT molecular complexity index is 1420. The highest BCUT2D eigenvalue weighted by molar-refractivity contribution is 7.92. The molecule has 12 nitrogen and oxygen atoms in total. The van der Waals surface area contributed by atoms with Crippen molar-refractivity contribution in [1.29, 1.82) is 0 Å². The van der Waals surface area contributed by atoms with Gasteiger partial charge in [-0.3, -0.25) is 19.2 Å². The number of hydrogen-bond donors (Lipinski definition) is 4. The van der Waals surface area contributed by atoms with Crippen LogP contribution < -0.4 is 21.3 Å². The van der Waals surface area contributed by atoms with Gasteiger partial charge in [0.15, 0.2) is 9.84 Å². The predicted molar refractivity (Wildman–Crippen MR) is 183 cm³/mol. The van der Waals surface area contributed by atoms with Crippen LogP contribution >= 0.6 is 0 Å². The lowest BCUT2D eigenvalue weighted by Gasteiger charge is -2.41. The number of hydrogen-bond acceptors (Lipinski definition) is 7. The number of carbonyl (C=O) groups is 5. The van der Waals surface area contributed by atoms with E-state index in [-0.39, 0.29) is 35.5 Å². The van der Waals surface area contributed by atoms with E-state index in [1.165, 1.54) is 0 Å². The Balaban J connectivity index is 1.57. The third-order valence-electron chi connectivity index (χ3n) is 11.6. The van der Waals surface area contributed by atoms with Gasteiger partial charge >= 0.3 is 6.03 Å². The molecule has 272 valence electrons. The maximum Gasteiger partial charge on any atom is 0.315 e. The van der Waals surface area contributed by atoms with Gasteiger partial charge in [0.1, 0.15) is 17.6 Å². The van der Waals surface area contributed by atoms with Crippen LogP contribution in [0.4, 0.5) is 4.79 Å². The maximum absolute atomic E-state index is 14.5. The molecule has 0 aromatic carbocycles. The topological polar surface area (TPSA) is 171 Å². The number of amides is 5. The number of urea groups is 1. The van der Waals surface area contributed by atoms with E-state index in [1.54, 1.807) is 32.6 Å². The van der Waals surface area contributed by atoms with Gasteiger partial charge in [0.2, 0.25) is 17.6 Å². The van der Waals surface area contributed by atoms with Crippen molar-refractivity contribution in [2.24, 2.45) is 28.6 Å². The fraction of sp³-hybridized carbons (Fsp3) is 0.857. The van der Waals surface area contributed by atoms with Gasteiger partial charge < -0.3 is 26.2 Å². The molecular formula is C35H59N5O7S. The molecule has 0 bridgehead atoms. The SMILES string of the molecule is CCNC(=O)C(=O)[C@]1(NC(=O)[C@@H]2[C@@H]3[C@H](CN2C(=O)[C@@H](NC(=O)NC2(CS(=O)(=O)C(C)(C)C)CCCCC2)C(C)(C)C)C3(C)C)C[C@H]1CC. The molecule has 3 aliphatic carbocycles. The molecule has 1 heterocycles. The van der Waals surface area contributed by atoms with Gasteiger partial charge in [-0.2, -0.15) is 0 Å². The van der Waals surface area contributed by atoms with Gasteiger partial charge in [0.05, 0.1) is 16.0 Å². The van der Waals surface area contributed by atoms with Crippen LogP contribution in [0.3, 0.4) is 0 Å². The van der Waals surface area contributed by atoms with E-state index in [9.17, 15) is 32.4 Å². The Kier molecular flexibility index (Phi) is 10.2. The van der Waals surface area contributed by atoms with Crippen LogP contribution in [0, 0.1) is 28.6 Å². The minimum Gasteiger partial charge on any atom is -0.350 e. The number of fused-ring (bicyclic) bond motifs is 1. The summed E-state index contributed by atoms with van der Waals surface area (Å²) in [5.74, 6) is -2.70. The van der Waals surface area contributed by atoms with Crippen molar-refractivity contribution < 1.29 is 32.4 Å². The van der Waals surface area contributed by atoms with Crippen molar-refractivity contribution in [2.45, 2.75) is 142 Å². The Morgan fingerprint density at radius 1 is 0.917 bits per heavy atom. The summed E-state index contributed by atoms with van der Waals surface area (Å²) in [7, 11) is -3.56. The van der Waals surface area contributed by atoms with Crippen LogP contribution in [-0.4, -0.2) is 89.6 Å². The number of ketones is 1. The maximum atomic E-state index is 14.5. The summed E-state index contributed by atoms with van der Waals surface area (Å²) in [5, 5.41) is 11.4. The minimum atomic E-state index is -3.56. The zero-order chi connectivity index (χ0) is 36.3. The molecule has 4 aliphatic rings. The average molecular weight is 694 g/mol. The lowest BCUT2D eigenvalue weighted by atomic mass is 9.83. The number of sulfone groups is 1. The number of carbonyl (C=O) groups excluding carboxylic acids is 5. The van der Waals surface area contributed by atoms with Gasteiger partial charge in [-0.05, 0) is 75.5 Å². The molecule has 4 rings (SSSR count).